The SMILES string of the molecule is COc1ccc(CC(=O)NCCC(=O)OC(C)C)cc1. The summed E-state index contributed by atoms with van der Waals surface area (Å²) in [5, 5.41) is 2.69. The molecule has 1 aromatic rings. The summed E-state index contributed by atoms with van der Waals surface area (Å²) in [5.41, 5.74) is 0.896. The highest BCUT2D eigenvalue weighted by Gasteiger charge is 2.07. The molecule has 0 fully saturated rings. The van der Waals surface area contributed by atoms with Crippen LogP contribution < -0.4 is 10.1 Å². The van der Waals surface area contributed by atoms with E-state index in [2.05, 4.69) is 5.32 Å². The summed E-state index contributed by atoms with van der Waals surface area (Å²) in [7, 11) is 1.60. The molecule has 0 saturated carbocycles. The van der Waals surface area contributed by atoms with Crippen molar-refractivity contribution in [3.63, 3.8) is 0 Å². The zero-order valence-corrected chi connectivity index (χ0v) is 12.1. The van der Waals surface area contributed by atoms with Crippen molar-refractivity contribution in [1.82, 2.24) is 5.32 Å². The van der Waals surface area contributed by atoms with Crippen molar-refractivity contribution in [2.75, 3.05) is 13.7 Å². The third-order valence-corrected chi connectivity index (χ3v) is 2.54. The van der Waals surface area contributed by atoms with Gasteiger partial charge in [0.15, 0.2) is 0 Å². The lowest BCUT2D eigenvalue weighted by Gasteiger charge is -2.08. The van der Waals surface area contributed by atoms with Gasteiger partial charge in [-0.1, -0.05) is 12.1 Å². The number of nitrogens with one attached hydrogen (secondary N) is 1. The number of esters is 1. The average molecular weight is 279 g/mol. The van der Waals surface area contributed by atoms with E-state index in [1.54, 1.807) is 21.0 Å². The minimum Gasteiger partial charge on any atom is -0.497 e. The van der Waals surface area contributed by atoms with Gasteiger partial charge in [-0.2, -0.15) is 0 Å². The summed E-state index contributed by atoms with van der Waals surface area (Å²) in [6.07, 6.45) is 0.341. The molecule has 5 heteroatoms. The predicted octanol–water partition coefficient (Wildman–Crippen LogP) is 1.70. The Morgan fingerprint density at radius 2 is 1.85 bits per heavy atom. The summed E-state index contributed by atoms with van der Waals surface area (Å²) in [6, 6.07) is 7.29. The second kappa shape index (κ2) is 8.19. The fraction of sp³-hybridized carbons (Fsp3) is 0.467. The minimum absolute atomic E-state index is 0.118. The monoisotopic (exact) mass is 279 g/mol. The Bertz CT molecular complexity index is 440. The normalized spacial score (nSPS) is 10.2. The van der Waals surface area contributed by atoms with Crippen molar-refractivity contribution >= 4 is 11.9 Å². The smallest absolute Gasteiger partial charge is 0.307 e. The molecule has 20 heavy (non-hydrogen) atoms. The van der Waals surface area contributed by atoms with Gasteiger partial charge in [-0.3, -0.25) is 9.59 Å². The topological polar surface area (TPSA) is 64.6 Å². The molecule has 0 bridgehead atoms. The van der Waals surface area contributed by atoms with Crippen molar-refractivity contribution in [2.24, 2.45) is 0 Å². The van der Waals surface area contributed by atoms with Crippen molar-refractivity contribution in [1.29, 1.82) is 0 Å². The number of amides is 1. The Kier molecular flexibility index (Phi) is 6.56. The molecule has 1 aromatic carbocycles. The molecule has 5 nitrogen and oxygen atoms in total. The number of hydrogen-bond acceptors (Lipinski definition) is 4. The fourth-order valence-corrected chi connectivity index (χ4v) is 1.62. The molecule has 0 aliphatic rings. The molecule has 0 atom stereocenters. The van der Waals surface area contributed by atoms with Crippen LogP contribution >= 0.6 is 0 Å². The molecule has 0 radical (unpaired) electrons. The maximum absolute atomic E-state index is 11.7. The lowest BCUT2D eigenvalue weighted by molar-refractivity contribution is -0.147. The standard InChI is InChI=1S/C15H21NO4/c1-11(2)20-15(18)8-9-16-14(17)10-12-4-6-13(19-3)7-5-12/h4-7,11H,8-10H2,1-3H3,(H,16,17). The summed E-state index contributed by atoms with van der Waals surface area (Å²) in [6.45, 7) is 3.88. The van der Waals surface area contributed by atoms with E-state index >= 15 is 0 Å². The van der Waals surface area contributed by atoms with E-state index in [0.29, 0.717) is 6.54 Å². The average Bonchev–Trinajstić information content (AvgIpc) is 2.38. The predicted molar refractivity (Wildman–Crippen MR) is 75.6 cm³/mol. The van der Waals surface area contributed by atoms with Gasteiger partial charge < -0.3 is 14.8 Å². The van der Waals surface area contributed by atoms with Gasteiger partial charge in [0.1, 0.15) is 5.75 Å². The molecule has 0 heterocycles. The molecular formula is C15H21NO4. The third-order valence-electron chi connectivity index (χ3n) is 2.54. The van der Waals surface area contributed by atoms with Crippen molar-refractivity contribution in [3.05, 3.63) is 29.8 Å². The van der Waals surface area contributed by atoms with Gasteiger partial charge in [0.05, 0.1) is 26.1 Å². The molecule has 0 aliphatic carbocycles. The molecule has 0 spiro atoms. The Hall–Kier alpha value is -2.04. The van der Waals surface area contributed by atoms with E-state index in [9.17, 15) is 9.59 Å². The number of carbonyl (C=O) groups excluding carboxylic acids is 2. The van der Waals surface area contributed by atoms with Gasteiger partial charge in [0.2, 0.25) is 5.91 Å². The highest BCUT2D eigenvalue weighted by Crippen LogP contribution is 2.11. The zero-order valence-electron chi connectivity index (χ0n) is 12.1. The Morgan fingerprint density at radius 3 is 2.40 bits per heavy atom. The van der Waals surface area contributed by atoms with Crippen LogP contribution in [-0.2, 0) is 20.7 Å². The molecule has 1 rings (SSSR count). The molecule has 1 N–H and O–H groups in total. The lowest BCUT2D eigenvalue weighted by Crippen LogP contribution is -2.28. The largest absolute Gasteiger partial charge is 0.497 e. The summed E-state index contributed by atoms with van der Waals surface area (Å²) < 4.78 is 10.0. The molecule has 0 aliphatic heterocycles. The number of hydrogen-bond donors (Lipinski definition) is 1. The van der Waals surface area contributed by atoms with E-state index in [1.807, 2.05) is 24.3 Å². The van der Waals surface area contributed by atoms with Crippen LogP contribution in [0.15, 0.2) is 24.3 Å². The molecule has 110 valence electrons. The Balaban J connectivity index is 2.27. The number of methoxy groups -OCH3 is 1. The summed E-state index contributed by atoms with van der Waals surface area (Å²) in [5.74, 6) is 0.336. The van der Waals surface area contributed by atoms with Gasteiger partial charge in [-0.15, -0.1) is 0 Å². The number of benzene rings is 1. The third kappa shape index (κ3) is 6.22. The highest BCUT2D eigenvalue weighted by atomic mass is 16.5. The van der Waals surface area contributed by atoms with E-state index in [0.717, 1.165) is 11.3 Å². The van der Waals surface area contributed by atoms with Gasteiger partial charge >= 0.3 is 5.97 Å². The van der Waals surface area contributed by atoms with E-state index < -0.39 is 0 Å². The van der Waals surface area contributed by atoms with Crippen LogP contribution in [-0.4, -0.2) is 31.6 Å². The Labute approximate surface area is 119 Å². The maximum Gasteiger partial charge on any atom is 0.307 e. The van der Waals surface area contributed by atoms with Crippen LogP contribution in [0.2, 0.25) is 0 Å². The van der Waals surface area contributed by atoms with E-state index in [4.69, 9.17) is 9.47 Å². The number of rotatable bonds is 7. The van der Waals surface area contributed by atoms with Crippen LogP contribution in [0.1, 0.15) is 25.8 Å². The van der Waals surface area contributed by atoms with E-state index in [1.165, 1.54) is 0 Å². The number of ether oxygens (including phenoxy) is 2. The minimum atomic E-state index is -0.301. The molecular weight excluding hydrogens is 258 g/mol. The quantitative estimate of drug-likeness (QED) is 0.771. The molecule has 0 unspecified atom stereocenters. The second-order valence-corrected chi connectivity index (χ2v) is 4.66. The van der Waals surface area contributed by atoms with Crippen LogP contribution in [0, 0.1) is 0 Å². The van der Waals surface area contributed by atoms with Gasteiger partial charge in [0, 0.05) is 6.54 Å². The first-order valence-electron chi connectivity index (χ1n) is 6.60. The molecule has 0 aromatic heterocycles. The van der Waals surface area contributed by atoms with E-state index in [-0.39, 0.29) is 30.8 Å². The van der Waals surface area contributed by atoms with Crippen molar-refractivity contribution in [2.45, 2.75) is 32.8 Å². The van der Waals surface area contributed by atoms with Crippen LogP contribution in [0.5, 0.6) is 5.75 Å². The lowest BCUT2D eigenvalue weighted by atomic mass is 10.1. The Morgan fingerprint density at radius 1 is 1.20 bits per heavy atom. The number of carbonyl (C=O) groups is 2. The molecule has 0 saturated heterocycles. The maximum atomic E-state index is 11.7. The molecule has 1 amide bonds. The van der Waals surface area contributed by atoms with Crippen molar-refractivity contribution < 1.29 is 19.1 Å². The van der Waals surface area contributed by atoms with Crippen molar-refractivity contribution in [3.8, 4) is 5.75 Å². The first-order valence-corrected chi connectivity index (χ1v) is 6.60. The zero-order chi connectivity index (χ0) is 15.0. The van der Waals surface area contributed by atoms with Gasteiger partial charge in [0.25, 0.3) is 0 Å². The first kappa shape index (κ1) is 16.0. The van der Waals surface area contributed by atoms with Gasteiger partial charge in [-0.05, 0) is 31.5 Å². The fourth-order valence-electron chi connectivity index (χ4n) is 1.62. The van der Waals surface area contributed by atoms with Gasteiger partial charge in [-0.25, -0.2) is 0 Å². The second-order valence-electron chi connectivity index (χ2n) is 4.66. The van der Waals surface area contributed by atoms with Crippen LogP contribution in [0.4, 0.5) is 0 Å². The van der Waals surface area contributed by atoms with Crippen LogP contribution in [0.3, 0.4) is 0 Å². The summed E-state index contributed by atoms with van der Waals surface area (Å²) >= 11 is 0. The van der Waals surface area contributed by atoms with Crippen LogP contribution in [0.25, 0.3) is 0 Å². The summed E-state index contributed by atoms with van der Waals surface area (Å²) in [4.78, 5) is 23.0. The first-order chi connectivity index (χ1) is 9.51. The highest BCUT2D eigenvalue weighted by molar-refractivity contribution is 5.79.